The molecular formula is C20H16N4O4. The van der Waals surface area contributed by atoms with Crippen LogP contribution < -0.4 is 10.2 Å². The van der Waals surface area contributed by atoms with Crippen molar-refractivity contribution >= 4 is 23.7 Å². The van der Waals surface area contributed by atoms with E-state index in [-0.39, 0.29) is 5.69 Å². The van der Waals surface area contributed by atoms with Crippen LogP contribution >= 0.6 is 0 Å². The molecule has 0 radical (unpaired) electrons. The second kappa shape index (κ2) is 8.54. The minimum Gasteiger partial charge on any atom is -0.423 e. The topological polar surface area (TPSA) is 107 Å². The first-order valence-corrected chi connectivity index (χ1v) is 8.30. The molecule has 1 N–H and O–H groups in total. The molecule has 1 aromatic heterocycles. The van der Waals surface area contributed by atoms with Crippen LogP contribution in [0.25, 0.3) is 0 Å². The predicted molar refractivity (Wildman–Crippen MR) is 105 cm³/mol. The molecule has 0 amide bonds. The molecule has 0 atom stereocenters. The molecule has 0 fully saturated rings. The number of anilines is 1. The fourth-order valence-electron chi connectivity index (χ4n) is 2.25. The minimum absolute atomic E-state index is 0.0994. The number of aryl methyl sites for hydroxylation is 1. The normalized spacial score (nSPS) is 10.6. The van der Waals surface area contributed by atoms with Gasteiger partial charge in [-0.05, 0) is 42.8 Å². The van der Waals surface area contributed by atoms with E-state index in [4.69, 9.17) is 4.74 Å². The Labute approximate surface area is 160 Å². The van der Waals surface area contributed by atoms with E-state index in [0.29, 0.717) is 22.7 Å². The largest absolute Gasteiger partial charge is 0.423 e. The summed E-state index contributed by atoms with van der Waals surface area (Å²) in [4.78, 5) is 26.2. The number of hydrogen-bond acceptors (Lipinski definition) is 7. The molecule has 0 saturated heterocycles. The first kappa shape index (κ1) is 18.7. The van der Waals surface area contributed by atoms with Crippen molar-refractivity contribution in [2.45, 2.75) is 6.92 Å². The first-order chi connectivity index (χ1) is 13.5. The molecule has 2 aromatic carbocycles. The number of carbonyl (C=O) groups excluding carboxylic acids is 1. The van der Waals surface area contributed by atoms with Crippen molar-refractivity contribution in [1.82, 2.24) is 4.98 Å². The van der Waals surface area contributed by atoms with Crippen LogP contribution in [0.3, 0.4) is 0 Å². The summed E-state index contributed by atoms with van der Waals surface area (Å²) in [6.45, 7) is 1.94. The average molecular weight is 376 g/mol. The Bertz CT molecular complexity index is 1020. The van der Waals surface area contributed by atoms with Gasteiger partial charge in [-0.25, -0.2) is 9.78 Å². The SMILES string of the molecule is Cc1ccc(C(=O)Oc2cccc(/C=N\Nc3ccc([N+](=O)[O-])cn3)c2)cc1. The highest BCUT2D eigenvalue weighted by Crippen LogP contribution is 2.15. The Morgan fingerprint density at radius 2 is 1.96 bits per heavy atom. The van der Waals surface area contributed by atoms with Crippen LogP contribution in [0.1, 0.15) is 21.5 Å². The molecule has 0 aliphatic rings. The number of pyridine rings is 1. The summed E-state index contributed by atoms with van der Waals surface area (Å²) in [6.07, 6.45) is 2.66. The standard InChI is InChI=1S/C20H16N4O4/c1-14-5-7-16(8-6-14)20(25)28-18-4-2-3-15(11-18)12-22-23-19-10-9-17(13-21-19)24(26)27/h2-13H,1H3,(H,21,23)/b22-12-. The van der Waals surface area contributed by atoms with Crippen LogP contribution in [0, 0.1) is 17.0 Å². The monoisotopic (exact) mass is 376 g/mol. The molecule has 1 heterocycles. The summed E-state index contributed by atoms with van der Waals surface area (Å²) in [6, 6.07) is 16.8. The third-order valence-corrected chi connectivity index (χ3v) is 3.71. The maximum Gasteiger partial charge on any atom is 0.343 e. The molecule has 0 bridgehead atoms. The van der Waals surface area contributed by atoms with Crippen LogP contribution in [-0.4, -0.2) is 22.1 Å². The summed E-state index contributed by atoms with van der Waals surface area (Å²) in [5.74, 6) is 0.314. The van der Waals surface area contributed by atoms with E-state index in [0.717, 1.165) is 11.8 Å². The quantitative estimate of drug-likeness (QED) is 0.229. The van der Waals surface area contributed by atoms with E-state index in [1.54, 1.807) is 36.4 Å². The van der Waals surface area contributed by atoms with Crippen LogP contribution in [0.2, 0.25) is 0 Å². The Hall–Kier alpha value is -4.07. The van der Waals surface area contributed by atoms with E-state index < -0.39 is 10.9 Å². The summed E-state index contributed by atoms with van der Waals surface area (Å²) in [7, 11) is 0. The van der Waals surface area contributed by atoms with Crippen molar-refractivity contribution in [1.29, 1.82) is 0 Å². The lowest BCUT2D eigenvalue weighted by atomic mass is 10.1. The second-order valence-corrected chi connectivity index (χ2v) is 5.86. The highest BCUT2D eigenvalue weighted by atomic mass is 16.6. The zero-order chi connectivity index (χ0) is 19.9. The Morgan fingerprint density at radius 1 is 1.18 bits per heavy atom. The van der Waals surface area contributed by atoms with Crippen molar-refractivity contribution in [3.63, 3.8) is 0 Å². The smallest absolute Gasteiger partial charge is 0.343 e. The molecule has 8 heteroatoms. The van der Waals surface area contributed by atoms with Gasteiger partial charge in [0.1, 0.15) is 17.8 Å². The molecule has 28 heavy (non-hydrogen) atoms. The number of ether oxygens (including phenoxy) is 1. The number of nitro groups is 1. The van der Waals surface area contributed by atoms with Gasteiger partial charge in [-0.2, -0.15) is 5.10 Å². The Balaban J connectivity index is 1.62. The van der Waals surface area contributed by atoms with Gasteiger partial charge in [-0.1, -0.05) is 29.8 Å². The van der Waals surface area contributed by atoms with E-state index in [1.807, 2.05) is 19.1 Å². The van der Waals surface area contributed by atoms with E-state index in [1.165, 1.54) is 18.3 Å². The van der Waals surface area contributed by atoms with Gasteiger partial charge in [0.25, 0.3) is 5.69 Å². The third-order valence-electron chi connectivity index (χ3n) is 3.71. The number of rotatable bonds is 6. The molecule has 140 valence electrons. The van der Waals surface area contributed by atoms with Crippen molar-refractivity contribution < 1.29 is 14.5 Å². The lowest BCUT2D eigenvalue weighted by molar-refractivity contribution is -0.385. The van der Waals surface area contributed by atoms with Gasteiger partial charge < -0.3 is 4.74 Å². The fourth-order valence-corrected chi connectivity index (χ4v) is 2.25. The number of nitrogens with zero attached hydrogens (tertiary/aromatic N) is 3. The van der Waals surface area contributed by atoms with Crippen LogP contribution in [0.4, 0.5) is 11.5 Å². The summed E-state index contributed by atoms with van der Waals surface area (Å²) in [5, 5.41) is 14.6. The van der Waals surface area contributed by atoms with Crippen molar-refractivity contribution in [2.24, 2.45) is 5.10 Å². The third kappa shape index (κ3) is 4.98. The van der Waals surface area contributed by atoms with Gasteiger partial charge >= 0.3 is 5.97 Å². The molecule has 3 rings (SSSR count). The van der Waals surface area contributed by atoms with E-state index in [2.05, 4.69) is 15.5 Å². The number of hydrogen-bond donors (Lipinski definition) is 1. The van der Waals surface area contributed by atoms with Gasteiger partial charge in [0.2, 0.25) is 0 Å². The first-order valence-electron chi connectivity index (χ1n) is 8.30. The number of carbonyl (C=O) groups is 1. The average Bonchev–Trinajstić information content (AvgIpc) is 2.69. The van der Waals surface area contributed by atoms with Crippen LogP contribution in [0.5, 0.6) is 5.75 Å². The van der Waals surface area contributed by atoms with Gasteiger partial charge in [-0.15, -0.1) is 0 Å². The number of nitrogens with one attached hydrogen (secondary N) is 1. The van der Waals surface area contributed by atoms with Crippen molar-refractivity contribution in [3.05, 3.63) is 93.7 Å². The molecule has 0 aliphatic carbocycles. The maximum atomic E-state index is 12.2. The van der Waals surface area contributed by atoms with E-state index in [9.17, 15) is 14.9 Å². The number of hydrazone groups is 1. The number of esters is 1. The van der Waals surface area contributed by atoms with Gasteiger partial charge in [0, 0.05) is 6.07 Å². The molecule has 3 aromatic rings. The lowest BCUT2D eigenvalue weighted by Crippen LogP contribution is -2.08. The van der Waals surface area contributed by atoms with Gasteiger partial charge in [0.05, 0.1) is 16.7 Å². The fraction of sp³-hybridized carbons (Fsp3) is 0.0500. The van der Waals surface area contributed by atoms with E-state index >= 15 is 0 Å². The van der Waals surface area contributed by atoms with Gasteiger partial charge in [-0.3, -0.25) is 15.5 Å². The van der Waals surface area contributed by atoms with Gasteiger partial charge in [0.15, 0.2) is 0 Å². The number of benzene rings is 2. The van der Waals surface area contributed by atoms with Crippen LogP contribution in [-0.2, 0) is 0 Å². The number of aromatic nitrogens is 1. The highest BCUT2D eigenvalue weighted by molar-refractivity contribution is 5.91. The summed E-state index contributed by atoms with van der Waals surface area (Å²) >= 11 is 0. The van der Waals surface area contributed by atoms with Crippen LogP contribution in [0.15, 0.2) is 72.0 Å². The second-order valence-electron chi connectivity index (χ2n) is 5.86. The molecular weight excluding hydrogens is 360 g/mol. The summed E-state index contributed by atoms with van der Waals surface area (Å²) in [5.41, 5.74) is 4.81. The van der Waals surface area contributed by atoms with Crippen molar-refractivity contribution in [3.8, 4) is 5.75 Å². The highest BCUT2D eigenvalue weighted by Gasteiger charge is 2.08. The molecule has 8 nitrogen and oxygen atoms in total. The van der Waals surface area contributed by atoms with Crippen molar-refractivity contribution in [2.75, 3.05) is 5.43 Å². The molecule has 0 unspecified atom stereocenters. The molecule has 0 spiro atoms. The zero-order valence-corrected chi connectivity index (χ0v) is 14.9. The minimum atomic E-state index is -0.524. The Morgan fingerprint density at radius 3 is 2.64 bits per heavy atom. The molecule has 0 aliphatic heterocycles. The zero-order valence-electron chi connectivity index (χ0n) is 14.9. The lowest BCUT2D eigenvalue weighted by Gasteiger charge is -2.05. The Kier molecular flexibility index (Phi) is 5.71. The molecule has 0 saturated carbocycles. The predicted octanol–water partition coefficient (Wildman–Crippen LogP) is 3.96. The summed E-state index contributed by atoms with van der Waals surface area (Å²) < 4.78 is 5.38. The maximum absolute atomic E-state index is 12.2.